The molecule has 0 bridgehead atoms. The Morgan fingerprint density at radius 3 is 2.00 bits per heavy atom. The summed E-state index contributed by atoms with van der Waals surface area (Å²) in [6.45, 7) is 8.84. The minimum atomic E-state index is -0.379. The second kappa shape index (κ2) is 13.2. The summed E-state index contributed by atoms with van der Waals surface area (Å²) >= 11 is 0. The molecule has 0 aliphatic heterocycles. The lowest BCUT2D eigenvalue weighted by Gasteiger charge is -2.10. The maximum absolute atomic E-state index is 12.2. The van der Waals surface area contributed by atoms with E-state index in [0.717, 1.165) is 51.4 Å². The average molecular weight is 360 g/mol. The molecule has 0 aliphatic rings. The van der Waals surface area contributed by atoms with Gasteiger partial charge in [0, 0.05) is 0 Å². The Kier molecular flexibility index (Phi) is 11.1. The summed E-state index contributed by atoms with van der Waals surface area (Å²) in [5.41, 5.74) is 1.44. The van der Waals surface area contributed by atoms with Crippen molar-refractivity contribution >= 4 is 18.0 Å². The van der Waals surface area contributed by atoms with E-state index in [-0.39, 0.29) is 11.9 Å². The van der Waals surface area contributed by atoms with Gasteiger partial charge in [-0.2, -0.15) is 0 Å². The van der Waals surface area contributed by atoms with E-state index in [1.54, 1.807) is 24.3 Å². The first kappa shape index (κ1) is 21.9. The van der Waals surface area contributed by atoms with Gasteiger partial charge in [-0.05, 0) is 36.6 Å². The maximum Gasteiger partial charge on any atom is 0.338 e. The van der Waals surface area contributed by atoms with E-state index in [4.69, 9.17) is 9.47 Å². The molecule has 0 radical (unpaired) electrons. The van der Waals surface area contributed by atoms with E-state index in [9.17, 15) is 9.59 Å². The summed E-state index contributed by atoms with van der Waals surface area (Å²) < 4.78 is 10.6. The number of ether oxygens (including phenoxy) is 2. The second-order valence-corrected chi connectivity index (χ2v) is 6.40. The van der Waals surface area contributed by atoms with Crippen molar-refractivity contribution in [3.63, 3.8) is 0 Å². The maximum atomic E-state index is 12.2. The van der Waals surface area contributed by atoms with Crippen LogP contribution in [0.4, 0.5) is 0 Å². The Morgan fingerprint density at radius 2 is 1.46 bits per heavy atom. The van der Waals surface area contributed by atoms with Crippen LogP contribution in [0.1, 0.15) is 91.5 Å². The first-order valence-corrected chi connectivity index (χ1v) is 9.74. The lowest BCUT2D eigenvalue weighted by molar-refractivity contribution is 0.0483. The lowest BCUT2D eigenvalue weighted by Crippen LogP contribution is -2.11. The van der Waals surface area contributed by atoms with E-state index in [1.165, 1.54) is 0 Å². The Hall–Kier alpha value is -2.10. The molecule has 26 heavy (non-hydrogen) atoms. The zero-order chi connectivity index (χ0) is 19.2. The average Bonchev–Trinajstić information content (AvgIpc) is 2.66. The van der Waals surface area contributed by atoms with Gasteiger partial charge in [0.25, 0.3) is 0 Å². The summed E-state index contributed by atoms with van der Waals surface area (Å²) in [5, 5.41) is 0. The highest BCUT2D eigenvalue weighted by Gasteiger charge is 2.15. The predicted molar refractivity (Wildman–Crippen MR) is 105 cm³/mol. The molecule has 0 saturated carbocycles. The van der Waals surface area contributed by atoms with Crippen molar-refractivity contribution in [1.82, 2.24) is 0 Å². The minimum absolute atomic E-state index is 0.371. The Bertz CT molecular complexity index is 578. The number of carbonyl (C=O) groups is 2. The highest BCUT2D eigenvalue weighted by molar-refractivity contribution is 5.97. The molecule has 0 amide bonds. The van der Waals surface area contributed by atoms with Crippen LogP contribution < -0.4 is 0 Å². The van der Waals surface area contributed by atoms with Crippen molar-refractivity contribution in [2.45, 2.75) is 65.2 Å². The summed E-state index contributed by atoms with van der Waals surface area (Å²) in [6, 6.07) is 4.85. The number of carbonyl (C=O) groups excluding carboxylic acids is 2. The number of benzene rings is 1. The third kappa shape index (κ3) is 7.85. The monoisotopic (exact) mass is 360 g/mol. The van der Waals surface area contributed by atoms with E-state index in [2.05, 4.69) is 20.4 Å². The largest absolute Gasteiger partial charge is 0.462 e. The standard InChI is InChI=1S/C22H32O4/c1-4-7-9-11-15-25-21(23)19-13-14-20(18(6-3)17-19)22(24)26-16-12-10-8-5-2/h6,13-14,17H,3-5,7-12,15-16H2,1-2H3. The van der Waals surface area contributed by atoms with Gasteiger partial charge >= 0.3 is 11.9 Å². The summed E-state index contributed by atoms with van der Waals surface area (Å²) in [7, 11) is 0. The van der Waals surface area contributed by atoms with Gasteiger partial charge in [-0.1, -0.05) is 65.0 Å². The molecular formula is C22H32O4. The van der Waals surface area contributed by atoms with Gasteiger partial charge in [0.15, 0.2) is 0 Å². The fourth-order valence-electron chi connectivity index (χ4n) is 2.59. The van der Waals surface area contributed by atoms with Crippen molar-refractivity contribution in [3.05, 3.63) is 41.5 Å². The summed E-state index contributed by atoms with van der Waals surface area (Å²) in [5.74, 6) is -0.750. The molecule has 0 aromatic heterocycles. The summed E-state index contributed by atoms with van der Waals surface area (Å²) in [6.07, 6.45) is 10.00. The smallest absolute Gasteiger partial charge is 0.338 e. The number of unbranched alkanes of at least 4 members (excludes halogenated alkanes) is 6. The zero-order valence-corrected chi connectivity index (χ0v) is 16.2. The highest BCUT2D eigenvalue weighted by atomic mass is 16.5. The molecule has 0 aliphatic carbocycles. The van der Waals surface area contributed by atoms with Crippen LogP contribution in [0.3, 0.4) is 0 Å². The fraction of sp³-hybridized carbons (Fsp3) is 0.545. The van der Waals surface area contributed by atoms with Crippen LogP contribution in [-0.4, -0.2) is 25.2 Å². The molecule has 4 nitrogen and oxygen atoms in total. The zero-order valence-electron chi connectivity index (χ0n) is 16.2. The molecule has 0 unspecified atom stereocenters. The van der Waals surface area contributed by atoms with Crippen LogP contribution in [0.15, 0.2) is 24.8 Å². The van der Waals surface area contributed by atoms with Crippen LogP contribution in [0.25, 0.3) is 6.08 Å². The third-order valence-electron chi connectivity index (χ3n) is 4.19. The fourth-order valence-corrected chi connectivity index (χ4v) is 2.59. The molecule has 0 saturated heterocycles. The SMILES string of the molecule is C=Cc1cc(C(=O)OCCCCCC)ccc1C(=O)OCCCCCC. The van der Waals surface area contributed by atoms with E-state index < -0.39 is 0 Å². The normalized spacial score (nSPS) is 10.4. The quantitative estimate of drug-likeness (QED) is 0.329. The molecule has 144 valence electrons. The summed E-state index contributed by atoms with van der Waals surface area (Å²) in [4.78, 5) is 24.4. The molecule has 1 aromatic carbocycles. The van der Waals surface area contributed by atoms with Gasteiger partial charge in [-0.25, -0.2) is 9.59 Å². The highest BCUT2D eigenvalue weighted by Crippen LogP contribution is 2.16. The van der Waals surface area contributed by atoms with E-state index in [1.807, 2.05) is 0 Å². The van der Waals surface area contributed by atoms with Crippen LogP contribution in [0, 0.1) is 0 Å². The van der Waals surface area contributed by atoms with Gasteiger partial charge < -0.3 is 9.47 Å². The van der Waals surface area contributed by atoms with Crippen molar-refractivity contribution in [3.8, 4) is 0 Å². The van der Waals surface area contributed by atoms with Gasteiger partial charge in [-0.3, -0.25) is 0 Å². The van der Waals surface area contributed by atoms with Crippen LogP contribution in [0.2, 0.25) is 0 Å². The first-order chi connectivity index (χ1) is 12.6. The number of hydrogen-bond donors (Lipinski definition) is 0. The Balaban J connectivity index is 2.58. The van der Waals surface area contributed by atoms with E-state index in [0.29, 0.717) is 29.9 Å². The van der Waals surface area contributed by atoms with Gasteiger partial charge in [0.05, 0.1) is 24.3 Å². The molecule has 4 heteroatoms. The number of rotatable bonds is 13. The van der Waals surface area contributed by atoms with Crippen LogP contribution >= 0.6 is 0 Å². The van der Waals surface area contributed by atoms with Crippen molar-refractivity contribution < 1.29 is 19.1 Å². The molecule has 0 atom stereocenters. The van der Waals surface area contributed by atoms with Gasteiger partial charge in [0.1, 0.15) is 0 Å². The Labute approximate surface area is 157 Å². The molecule has 0 heterocycles. The second-order valence-electron chi connectivity index (χ2n) is 6.40. The van der Waals surface area contributed by atoms with Crippen molar-refractivity contribution in [1.29, 1.82) is 0 Å². The number of esters is 2. The number of hydrogen-bond acceptors (Lipinski definition) is 4. The van der Waals surface area contributed by atoms with Crippen LogP contribution in [0.5, 0.6) is 0 Å². The molecule has 1 aromatic rings. The minimum Gasteiger partial charge on any atom is -0.462 e. The van der Waals surface area contributed by atoms with Crippen LogP contribution in [-0.2, 0) is 9.47 Å². The van der Waals surface area contributed by atoms with Crippen molar-refractivity contribution in [2.24, 2.45) is 0 Å². The molecular weight excluding hydrogens is 328 g/mol. The van der Waals surface area contributed by atoms with Gasteiger partial charge in [-0.15, -0.1) is 0 Å². The molecule has 0 fully saturated rings. The molecule has 0 spiro atoms. The third-order valence-corrected chi connectivity index (χ3v) is 4.19. The predicted octanol–water partition coefficient (Wildman–Crippen LogP) is 5.80. The van der Waals surface area contributed by atoms with Crippen molar-refractivity contribution in [2.75, 3.05) is 13.2 Å². The van der Waals surface area contributed by atoms with E-state index >= 15 is 0 Å². The lowest BCUT2D eigenvalue weighted by atomic mass is 10.0. The molecule has 1 rings (SSSR count). The van der Waals surface area contributed by atoms with Gasteiger partial charge in [0.2, 0.25) is 0 Å². The first-order valence-electron chi connectivity index (χ1n) is 9.74. The Morgan fingerprint density at radius 1 is 0.885 bits per heavy atom. The topological polar surface area (TPSA) is 52.6 Å². The molecule has 0 N–H and O–H groups in total.